The third-order valence-corrected chi connectivity index (χ3v) is 4.15. The molecule has 1 amide bonds. The van der Waals surface area contributed by atoms with E-state index in [9.17, 15) is 4.79 Å². The van der Waals surface area contributed by atoms with Crippen LogP contribution in [0, 0.1) is 5.92 Å². The lowest BCUT2D eigenvalue weighted by molar-refractivity contribution is 0.0514. The minimum Gasteiger partial charge on any atom is -0.444 e. The second-order valence-corrected chi connectivity index (χ2v) is 8.48. The second-order valence-electron chi connectivity index (χ2n) is 8.04. The SMILES string of the molecule is CC(C)C[C@H](NC(=O)OC(C)(C)C)C(=S)NCc1cn(-c2ccccc2)nn1. The highest BCUT2D eigenvalue weighted by atomic mass is 32.1. The predicted molar refractivity (Wildman–Crippen MR) is 113 cm³/mol. The van der Waals surface area contributed by atoms with Crippen LogP contribution in [-0.4, -0.2) is 37.7 Å². The number of carbonyl (C=O) groups excluding carboxylic acids is 1. The lowest BCUT2D eigenvalue weighted by Crippen LogP contribution is -2.47. The van der Waals surface area contributed by atoms with E-state index in [1.807, 2.05) is 57.3 Å². The molecule has 0 aliphatic rings. The van der Waals surface area contributed by atoms with Gasteiger partial charge in [0.05, 0.1) is 29.5 Å². The lowest BCUT2D eigenvalue weighted by atomic mass is 10.0. The Bertz CT molecular complexity index is 783. The van der Waals surface area contributed by atoms with Gasteiger partial charge in [-0.2, -0.15) is 0 Å². The van der Waals surface area contributed by atoms with Gasteiger partial charge in [-0.25, -0.2) is 9.48 Å². The molecule has 7 nitrogen and oxygen atoms in total. The summed E-state index contributed by atoms with van der Waals surface area (Å²) < 4.78 is 7.06. The highest BCUT2D eigenvalue weighted by Gasteiger charge is 2.23. The fourth-order valence-electron chi connectivity index (χ4n) is 2.54. The van der Waals surface area contributed by atoms with Crippen LogP contribution in [0.2, 0.25) is 0 Å². The standard InChI is InChI=1S/C20H29N5O2S/c1-14(2)11-17(22-19(26)27-20(3,4)5)18(28)21-12-15-13-25(24-23-15)16-9-7-6-8-10-16/h6-10,13-14,17H,11-12H2,1-5H3,(H,21,28)(H,22,26)/t17-/m0/s1. The first-order valence-electron chi connectivity index (χ1n) is 9.38. The van der Waals surface area contributed by atoms with E-state index < -0.39 is 11.7 Å². The Morgan fingerprint density at radius 2 is 1.93 bits per heavy atom. The van der Waals surface area contributed by atoms with Gasteiger partial charge in [0.25, 0.3) is 0 Å². The zero-order valence-corrected chi connectivity index (χ0v) is 17.9. The number of nitrogens with zero attached hydrogens (tertiary/aromatic N) is 3. The van der Waals surface area contributed by atoms with Gasteiger partial charge in [-0.15, -0.1) is 5.10 Å². The van der Waals surface area contributed by atoms with Crippen LogP contribution >= 0.6 is 12.2 Å². The van der Waals surface area contributed by atoms with Crippen LogP contribution < -0.4 is 10.6 Å². The Morgan fingerprint density at radius 3 is 2.54 bits per heavy atom. The summed E-state index contributed by atoms with van der Waals surface area (Å²) in [4.78, 5) is 12.7. The van der Waals surface area contributed by atoms with E-state index in [2.05, 4.69) is 34.8 Å². The van der Waals surface area contributed by atoms with E-state index in [-0.39, 0.29) is 6.04 Å². The smallest absolute Gasteiger partial charge is 0.408 e. The van der Waals surface area contributed by atoms with Crippen LogP contribution in [0.25, 0.3) is 5.69 Å². The third kappa shape index (κ3) is 7.26. The average molecular weight is 404 g/mol. The molecule has 0 saturated carbocycles. The number of hydrogen-bond donors (Lipinski definition) is 2. The zero-order chi connectivity index (χ0) is 20.7. The highest BCUT2D eigenvalue weighted by Crippen LogP contribution is 2.11. The number of alkyl carbamates (subject to hydrolysis) is 1. The lowest BCUT2D eigenvalue weighted by Gasteiger charge is -2.25. The molecule has 2 rings (SSSR count). The van der Waals surface area contributed by atoms with Crippen molar-refractivity contribution in [2.75, 3.05) is 0 Å². The quantitative estimate of drug-likeness (QED) is 0.687. The Kier molecular flexibility index (Phi) is 7.51. The summed E-state index contributed by atoms with van der Waals surface area (Å²) in [6.07, 6.45) is 2.09. The molecule has 0 aliphatic heterocycles. The van der Waals surface area contributed by atoms with Gasteiger partial charge in [0.15, 0.2) is 0 Å². The molecule has 0 fully saturated rings. The number of nitrogens with one attached hydrogen (secondary N) is 2. The van der Waals surface area contributed by atoms with Crippen molar-refractivity contribution >= 4 is 23.3 Å². The molecule has 2 aromatic rings. The first kappa shape index (κ1) is 21.8. The molecule has 1 aromatic carbocycles. The van der Waals surface area contributed by atoms with E-state index in [1.54, 1.807) is 4.68 Å². The summed E-state index contributed by atoms with van der Waals surface area (Å²) in [5, 5.41) is 14.4. The molecule has 0 unspecified atom stereocenters. The van der Waals surface area contributed by atoms with Crippen molar-refractivity contribution in [1.82, 2.24) is 25.6 Å². The Morgan fingerprint density at radius 1 is 1.25 bits per heavy atom. The molecule has 152 valence electrons. The number of para-hydroxylation sites is 1. The van der Waals surface area contributed by atoms with E-state index in [0.717, 1.165) is 11.4 Å². The maximum absolute atomic E-state index is 12.1. The molecule has 1 aromatic heterocycles. The molecule has 2 N–H and O–H groups in total. The first-order chi connectivity index (χ1) is 13.1. The van der Waals surface area contributed by atoms with Crippen molar-refractivity contribution in [3.8, 4) is 5.69 Å². The van der Waals surface area contributed by atoms with Crippen molar-refractivity contribution in [3.05, 3.63) is 42.2 Å². The summed E-state index contributed by atoms with van der Waals surface area (Å²) >= 11 is 5.52. The number of thiocarbonyl (C=S) groups is 1. The average Bonchev–Trinajstić information content (AvgIpc) is 3.07. The molecule has 0 bridgehead atoms. The van der Waals surface area contributed by atoms with Crippen LogP contribution in [-0.2, 0) is 11.3 Å². The Labute approximate surface area is 171 Å². The topological polar surface area (TPSA) is 81.1 Å². The minimum atomic E-state index is -0.558. The molecule has 0 radical (unpaired) electrons. The molecule has 8 heteroatoms. The number of amides is 1. The van der Waals surface area contributed by atoms with Crippen molar-refractivity contribution in [2.45, 2.75) is 59.2 Å². The molecular formula is C20H29N5O2S. The van der Waals surface area contributed by atoms with Crippen molar-refractivity contribution < 1.29 is 9.53 Å². The number of hydrogen-bond acceptors (Lipinski definition) is 5. The largest absolute Gasteiger partial charge is 0.444 e. The van der Waals surface area contributed by atoms with E-state index >= 15 is 0 Å². The molecule has 0 spiro atoms. The summed E-state index contributed by atoms with van der Waals surface area (Å²) in [6.45, 7) is 10.1. The number of carbonyl (C=O) groups is 1. The molecule has 28 heavy (non-hydrogen) atoms. The summed E-state index contributed by atoms with van der Waals surface area (Å²) in [5.41, 5.74) is 1.14. The summed E-state index contributed by atoms with van der Waals surface area (Å²) in [7, 11) is 0. The van der Waals surface area contributed by atoms with Gasteiger partial charge in [-0.05, 0) is 45.2 Å². The summed E-state index contributed by atoms with van der Waals surface area (Å²) in [6, 6.07) is 9.45. The monoisotopic (exact) mass is 403 g/mol. The van der Waals surface area contributed by atoms with Crippen LogP contribution in [0.3, 0.4) is 0 Å². The van der Waals surface area contributed by atoms with Crippen LogP contribution in [0.1, 0.15) is 46.7 Å². The van der Waals surface area contributed by atoms with Crippen LogP contribution in [0.15, 0.2) is 36.5 Å². The van der Waals surface area contributed by atoms with Gasteiger partial charge >= 0.3 is 6.09 Å². The number of benzene rings is 1. The Balaban J connectivity index is 1.95. The normalized spacial score (nSPS) is 12.5. The fourth-order valence-corrected chi connectivity index (χ4v) is 2.77. The van der Waals surface area contributed by atoms with Crippen molar-refractivity contribution in [2.24, 2.45) is 5.92 Å². The van der Waals surface area contributed by atoms with Crippen LogP contribution in [0.4, 0.5) is 4.79 Å². The van der Waals surface area contributed by atoms with E-state index in [0.29, 0.717) is 23.9 Å². The third-order valence-electron chi connectivity index (χ3n) is 3.72. The van der Waals surface area contributed by atoms with Crippen molar-refractivity contribution in [1.29, 1.82) is 0 Å². The van der Waals surface area contributed by atoms with Gasteiger partial charge in [-0.3, -0.25) is 0 Å². The fraction of sp³-hybridized carbons (Fsp3) is 0.500. The maximum atomic E-state index is 12.1. The van der Waals surface area contributed by atoms with Gasteiger partial charge < -0.3 is 15.4 Å². The van der Waals surface area contributed by atoms with E-state index in [4.69, 9.17) is 17.0 Å². The number of ether oxygens (including phenoxy) is 1. The number of rotatable bonds is 7. The first-order valence-corrected chi connectivity index (χ1v) is 9.79. The maximum Gasteiger partial charge on any atom is 0.408 e. The van der Waals surface area contributed by atoms with Crippen LogP contribution in [0.5, 0.6) is 0 Å². The zero-order valence-electron chi connectivity index (χ0n) is 17.1. The van der Waals surface area contributed by atoms with Gasteiger partial charge in [0, 0.05) is 0 Å². The predicted octanol–water partition coefficient (Wildman–Crippen LogP) is 3.62. The highest BCUT2D eigenvalue weighted by molar-refractivity contribution is 7.80. The molecule has 0 saturated heterocycles. The molecule has 1 heterocycles. The molecular weight excluding hydrogens is 374 g/mol. The molecule has 1 atom stereocenters. The van der Waals surface area contributed by atoms with Crippen molar-refractivity contribution in [3.63, 3.8) is 0 Å². The summed E-state index contributed by atoms with van der Waals surface area (Å²) in [5.74, 6) is 0.360. The number of aromatic nitrogens is 3. The molecule has 0 aliphatic carbocycles. The van der Waals surface area contributed by atoms with Gasteiger partial charge in [0.2, 0.25) is 0 Å². The van der Waals surface area contributed by atoms with Gasteiger partial charge in [0.1, 0.15) is 11.3 Å². The van der Waals surface area contributed by atoms with Gasteiger partial charge in [-0.1, -0.05) is 49.5 Å². The minimum absolute atomic E-state index is 0.311. The van der Waals surface area contributed by atoms with E-state index in [1.165, 1.54) is 0 Å². The second kappa shape index (κ2) is 9.64. The Hall–Kier alpha value is -2.48.